The van der Waals surface area contributed by atoms with Gasteiger partial charge in [0, 0.05) is 6.54 Å². The summed E-state index contributed by atoms with van der Waals surface area (Å²) in [5, 5.41) is 11.7. The van der Waals surface area contributed by atoms with Crippen molar-refractivity contribution in [3.05, 3.63) is 23.7 Å². The standard InChI is InChI=1S/C13H22N2O3/c1-4-15(5-2)9-11-6-7-12(18-11)13(17)14-8-10(3)16/h6-7,10,16H,4-5,8-9H2,1-3H3,(H,14,17)/t10-/m0/s1. The zero-order valence-electron chi connectivity index (χ0n) is 11.3. The Morgan fingerprint density at radius 2 is 2.11 bits per heavy atom. The Morgan fingerprint density at radius 1 is 1.44 bits per heavy atom. The van der Waals surface area contributed by atoms with Crippen molar-refractivity contribution in [1.82, 2.24) is 10.2 Å². The first-order valence-electron chi connectivity index (χ1n) is 6.34. The summed E-state index contributed by atoms with van der Waals surface area (Å²) in [5.74, 6) is 0.778. The smallest absolute Gasteiger partial charge is 0.287 e. The molecule has 0 aliphatic carbocycles. The largest absolute Gasteiger partial charge is 0.455 e. The lowest BCUT2D eigenvalue weighted by Gasteiger charge is -2.15. The fraction of sp³-hybridized carbons (Fsp3) is 0.615. The summed E-state index contributed by atoms with van der Waals surface area (Å²) in [4.78, 5) is 13.9. The van der Waals surface area contributed by atoms with Crippen LogP contribution in [0.1, 0.15) is 37.1 Å². The van der Waals surface area contributed by atoms with Gasteiger partial charge in [-0.2, -0.15) is 0 Å². The van der Waals surface area contributed by atoms with E-state index in [0.717, 1.165) is 18.8 Å². The quantitative estimate of drug-likeness (QED) is 0.768. The summed E-state index contributed by atoms with van der Waals surface area (Å²) in [5.41, 5.74) is 0. The van der Waals surface area contributed by atoms with Gasteiger partial charge in [0.25, 0.3) is 5.91 Å². The van der Waals surface area contributed by atoms with Gasteiger partial charge in [-0.1, -0.05) is 13.8 Å². The topological polar surface area (TPSA) is 65.7 Å². The van der Waals surface area contributed by atoms with Crippen LogP contribution in [0.15, 0.2) is 16.5 Å². The average molecular weight is 254 g/mol. The molecule has 1 aromatic rings. The number of nitrogens with zero attached hydrogens (tertiary/aromatic N) is 1. The van der Waals surface area contributed by atoms with Gasteiger partial charge in [-0.15, -0.1) is 0 Å². The van der Waals surface area contributed by atoms with E-state index in [1.165, 1.54) is 0 Å². The zero-order chi connectivity index (χ0) is 13.5. The van der Waals surface area contributed by atoms with E-state index in [9.17, 15) is 4.79 Å². The number of amides is 1. The summed E-state index contributed by atoms with van der Waals surface area (Å²) >= 11 is 0. The van der Waals surface area contributed by atoms with Crippen molar-refractivity contribution < 1.29 is 14.3 Å². The summed E-state index contributed by atoms with van der Waals surface area (Å²) < 4.78 is 5.48. The first-order valence-corrected chi connectivity index (χ1v) is 6.34. The van der Waals surface area contributed by atoms with Crippen molar-refractivity contribution >= 4 is 5.91 Å². The van der Waals surface area contributed by atoms with E-state index in [1.807, 2.05) is 6.07 Å². The van der Waals surface area contributed by atoms with Crippen LogP contribution in [0.25, 0.3) is 0 Å². The van der Waals surface area contributed by atoms with Gasteiger partial charge in [-0.3, -0.25) is 9.69 Å². The van der Waals surface area contributed by atoms with Gasteiger partial charge in [0.2, 0.25) is 0 Å². The molecule has 2 N–H and O–H groups in total. The average Bonchev–Trinajstić information content (AvgIpc) is 2.81. The van der Waals surface area contributed by atoms with E-state index in [1.54, 1.807) is 13.0 Å². The molecule has 0 radical (unpaired) electrons. The highest BCUT2D eigenvalue weighted by molar-refractivity contribution is 5.91. The monoisotopic (exact) mass is 254 g/mol. The first-order chi connectivity index (χ1) is 8.56. The van der Waals surface area contributed by atoms with Crippen LogP contribution in [-0.2, 0) is 6.54 Å². The van der Waals surface area contributed by atoms with Gasteiger partial charge in [-0.05, 0) is 32.1 Å². The summed E-state index contributed by atoms with van der Waals surface area (Å²) in [6, 6.07) is 3.48. The zero-order valence-corrected chi connectivity index (χ0v) is 11.3. The van der Waals surface area contributed by atoms with Crippen molar-refractivity contribution in [3.63, 3.8) is 0 Å². The lowest BCUT2D eigenvalue weighted by Crippen LogP contribution is -2.30. The third-order valence-electron chi connectivity index (χ3n) is 2.72. The molecule has 0 aliphatic heterocycles. The number of aliphatic hydroxyl groups is 1. The SMILES string of the molecule is CCN(CC)Cc1ccc(C(=O)NC[C@H](C)O)o1. The van der Waals surface area contributed by atoms with Crippen LogP contribution in [0.3, 0.4) is 0 Å². The highest BCUT2D eigenvalue weighted by Crippen LogP contribution is 2.10. The molecule has 102 valence electrons. The molecule has 0 spiro atoms. The number of aliphatic hydroxyl groups excluding tert-OH is 1. The van der Waals surface area contributed by atoms with Crippen LogP contribution in [0, 0.1) is 0 Å². The number of carbonyl (C=O) groups is 1. The van der Waals surface area contributed by atoms with E-state index in [4.69, 9.17) is 9.52 Å². The predicted molar refractivity (Wildman–Crippen MR) is 69.3 cm³/mol. The molecule has 1 amide bonds. The van der Waals surface area contributed by atoms with Crippen molar-refractivity contribution in [2.75, 3.05) is 19.6 Å². The minimum atomic E-state index is -0.556. The van der Waals surface area contributed by atoms with Crippen molar-refractivity contribution in [2.24, 2.45) is 0 Å². The van der Waals surface area contributed by atoms with Crippen LogP contribution in [0.4, 0.5) is 0 Å². The minimum absolute atomic E-state index is 0.227. The molecule has 0 unspecified atom stereocenters. The predicted octanol–water partition coefficient (Wildman–Crippen LogP) is 1.23. The molecule has 5 heteroatoms. The van der Waals surface area contributed by atoms with E-state index in [-0.39, 0.29) is 18.2 Å². The van der Waals surface area contributed by atoms with Gasteiger partial charge in [-0.25, -0.2) is 0 Å². The summed E-state index contributed by atoms with van der Waals surface area (Å²) in [6.45, 7) is 8.61. The second-order valence-corrected chi connectivity index (χ2v) is 4.29. The maximum absolute atomic E-state index is 11.7. The maximum Gasteiger partial charge on any atom is 0.287 e. The van der Waals surface area contributed by atoms with Crippen molar-refractivity contribution in [2.45, 2.75) is 33.4 Å². The lowest BCUT2D eigenvalue weighted by molar-refractivity contribution is 0.0893. The third kappa shape index (κ3) is 4.50. The molecular formula is C13H22N2O3. The van der Waals surface area contributed by atoms with Gasteiger partial charge in [0.05, 0.1) is 12.6 Å². The summed E-state index contributed by atoms with van der Waals surface area (Å²) in [7, 11) is 0. The molecule has 18 heavy (non-hydrogen) atoms. The molecule has 1 rings (SSSR count). The first kappa shape index (κ1) is 14.7. The Labute approximate surface area is 108 Å². The van der Waals surface area contributed by atoms with Gasteiger partial charge in [0.15, 0.2) is 5.76 Å². The van der Waals surface area contributed by atoms with E-state index < -0.39 is 6.10 Å². The Balaban J connectivity index is 2.54. The molecule has 1 heterocycles. The normalized spacial score (nSPS) is 12.7. The Kier molecular flexibility index (Phi) is 5.88. The van der Waals surface area contributed by atoms with Gasteiger partial charge < -0.3 is 14.8 Å². The van der Waals surface area contributed by atoms with Gasteiger partial charge in [0.1, 0.15) is 5.76 Å². The van der Waals surface area contributed by atoms with Crippen LogP contribution in [-0.4, -0.2) is 41.7 Å². The second-order valence-electron chi connectivity index (χ2n) is 4.29. The third-order valence-corrected chi connectivity index (χ3v) is 2.72. The molecule has 0 saturated carbocycles. The number of hydrogen-bond acceptors (Lipinski definition) is 4. The van der Waals surface area contributed by atoms with E-state index >= 15 is 0 Å². The van der Waals surface area contributed by atoms with E-state index in [0.29, 0.717) is 6.54 Å². The molecule has 0 saturated heterocycles. The minimum Gasteiger partial charge on any atom is -0.455 e. The molecule has 0 aliphatic rings. The molecule has 1 atom stereocenters. The number of furan rings is 1. The Hall–Kier alpha value is -1.33. The van der Waals surface area contributed by atoms with Gasteiger partial charge >= 0.3 is 0 Å². The summed E-state index contributed by atoms with van der Waals surface area (Å²) in [6.07, 6.45) is -0.556. The molecule has 0 aromatic carbocycles. The maximum atomic E-state index is 11.7. The molecular weight excluding hydrogens is 232 g/mol. The Bertz CT molecular complexity index is 370. The molecule has 0 bridgehead atoms. The molecule has 1 aromatic heterocycles. The fourth-order valence-corrected chi connectivity index (χ4v) is 1.58. The second kappa shape index (κ2) is 7.18. The highest BCUT2D eigenvalue weighted by Gasteiger charge is 2.12. The lowest BCUT2D eigenvalue weighted by atomic mass is 10.3. The molecule has 5 nitrogen and oxygen atoms in total. The van der Waals surface area contributed by atoms with E-state index in [2.05, 4.69) is 24.1 Å². The molecule has 0 fully saturated rings. The van der Waals surface area contributed by atoms with Crippen LogP contribution >= 0.6 is 0 Å². The fourth-order valence-electron chi connectivity index (χ4n) is 1.58. The highest BCUT2D eigenvalue weighted by atomic mass is 16.4. The number of nitrogens with one attached hydrogen (secondary N) is 1. The van der Waals surface area contributed by atoms with Crippen LogP contribution in [0.2, 0.25) is 0 Å². The number of rotatable bonds is 7. The Morgan fingerprint density at radius 3 is 2.67 bits per heavy atom. The number of carbonyl (C=O) groups excluding carboxylic acids is 1. The van der Waals surface area contributed by atoms with Crippen LogP contribution < -0.4 is 5.32 Å². The van der Waals surface area contributed by atoms with Crippen molar-refractivity contribution in [1.29, 1.82) is 0 Å². The van der Waals surface area contributed by atoms with Crippen LogP contribution in [0.5, 0.6) is 0 Å². The number of hydrogen-bond donors (Lipinski definition) is 2. The van der Waals surface area contributed by atoms with Crippen molar-refractivity contribution in [3.8, 4) is 0 Å².